The van der Waals surface area contributed by atoms with Crippen molar-refractivity contribution in [1.29, 1.82) is 0 Å². The van der Waals surface area contributed by atoms with Crippen LogP contribution in [0.5, 0.6) is 0 Å². The number of rotatable bonds is 4. The van der Waals surface area contributed by atoms with Crippen LogP contribution in [0.3, 0.4) is 0 Å². The Morgan fingerprint density at radius 1 is 1.22 bits per heavy atom. The molecule has 1 amide bonds. The molecule has 3 rings (SSSR count). The summed E-state index contributed by atoms with van der Waals surface area (Å²) in [7, 11) is 0. The molecule has 0 spiro atoms. The van der Waals surface area contributed by atoms with Crippen molar-refractivity contribution in [1.82, 2.24) is 15.3 Å². The number of aromatic nitrogens is 2. The fourth-order valence-electron chi connectivity index (χ4n) is 2.42. The first-order valence-electron chi connectivity index (χ1n) is 7.11. The van der Waals surface area contributed by atoms with Crippen molar-refractivity contribution in [2.45, 2.75) is 6.42 Å². The number of pyridine rings is 2. The molecule has 0 atom stereocenters. The van der Waals surface area contributed by atoms with Gasteiger partial charge in [0.25, 0.3) is 0 Å². The lowest BCUT2D eigenvalue weighted by Crippen LogP contribution is -2.23. The van der Waals surface area contributed by atoms with Gasteiger partial charge in [0.05, 0.1) is 16.9 Å². The van der Waals surface area contributed by atoms with E-state index < -0.39 is 6.09 Å². The lowest BCUT2D eigenvalue weighted by Gasteiger charge is -2.11. The van der Waals surface area contributed by atoms with Crippen LogP contribution in [0.1, 0.15) is 5.69 Å². The van der Waals surface area contributed by atoms with Crippen LogP contribution in [0, 0.1) is 0 Å². The Kier molecular flexibility index (Phi) is 4.39. The predicted molar refractivity (Wildman–Crippen MR) is 89.7 cm³/mol. The molecule has 2 N–H and O–H groups in total. The highest BCUT2D eigenvalue weighted by atomic mass is 35.5. The van der Waals surface area contributed by atoms with Crippen molar-refractivity contribution in [2.24, 2.45) is 0 Å². The molecule has 6 heteroatoms. The molecule has 0 aliphatic carbocycles. The smallest absolute Gasteiger partial charge is 0.404 e. The number of carbonyl (C=O) groups is 1. The highest BCUT2D eigenvalue weighted by Crippen LogP contribution is 2.29. The maximum atomic E-state index is 10.6. The molecule has 2 heterocycles. The second-order valence-corrected chi connectivity index (χ2v) is 5.39. The van der Waals surface area contributed by atoms with E-state index in [2.05, 4.69) is 15.3 Å². The van der Waals surface area contributed by atoms with Gasteiger partial charge < -0.3 is 10.4 Å². The average molecular weight is 328 g/mol. The van der Waals surface area contributed by atoms with Crippen molar-refractivity contribution >= 4 is 28.6 Å². The van der Waals surface area contributed by atoms with E-state index in [1.807, 2.05) is 42.5 Å². The van der Waals surface area contributed by atoms with Crippen LogP contribution in [0.2, 0.25) is 5.02 Å². The maximum absolute atomic E-state index is 10.6. The van der Waals surface area contributed by atoms with E-state index >= 15 is 0 Å². The molecule has 5 nitrogen and oxygen atoms in total. The molecule has 0 saturated heterocycles. The van der Waals surface area contributed by atoms with Crippen LogP contribution in [-0.4, -0.2) is 27.7 Å². The van der Waals surface area contributed by atoms with Crippen molar-refractivity contribution in [3.63, 3.8) is 0 Å². The van der Waals surface area contributed by atoms with Gasteiger partial charge in [0.2, 0.25) is 0 Å². The van der Waals surface area contributed by atoms with Gasteiger partial charge in [0.1, 0.15) is 0 Å². The van der Waals surface area contributed by atoms with Gasteiger partial charge in [0, 0.05) is 35.1 Å². The summed E-state index contributed by atoms with van der Waals surface area (Å²) >= 11 is 6.26. The van der Waals surface area contributed by atoms with Gasteiger partial charge >= 0.3 is 6.09 Å². The minimum absolute atomic E-state index is 0.286. The molecule has 2 aromatic heterocycles. The first-order valence-corrected chi connectivity index (χ1v) is 7.49. The van der Waals surface area contributed by atoms with E-state index in [1.165, 1.54) is 0 Å². The van der Waals surface area contributed by atoms with E-state index in [0.717, 1.165) is 27.9 Å². The van der Waals surface area contributed by atoms with Gasteiger partial charge in [-0.2, -0.15) is 0 Å². The van der Waals surface area contributed by atoms with E-state index in [1.54, 1.807) is 6.20 Å². The third kappa shape index (κ3) is 3.40. The Hall–Kier alpha value is -2.66. The zero-order valence-corrected chi connectivity index (χ0v) is 12.9. The minimum atomic E-state index is -1.05. The molecular formula is C17H14ClN3O2. The summed E-state index contributed by atoms with van der Waals surface area (Å²) < 4.78 is 0. The Balaban J connectivity index is 2.09. The van der Waals surface area contributed by atoms with Gasteiger partial charge in [-0.1, -0.05) is 23.7 Å². The molecule has 0 fully saturated rings. The van der Waals surface area contributed by atoms with Crippen LogP contribution >= 0.6 is 11.6 Å². The summed E-state index contributed by atoms with van der Waals surface area (Å²) in [6.45, 7) is 0.286. The number of nitrogens with zero attached hydrogens (tertiary/aromatic N) is 2. The Bertz CT molecular complexity index is 853. The standard InChI is InChI=1S/C17H14ClN3O2/c18-13-4-3-6-15-11(13)10-12(14-5-1-2-8-19-14)16(21-15)7-9-20-17(22)23/h1-6,8,10,20H,7,9H2,(H,22,23). The third-order valence-electron chi connectivity index (χ3n) is 3.46. The minimum Gasteiger partial charge on any atom is -0.465 e. The topological polar surface area (TPSA) is 75.1 Å². The molecule has 0 aliphatic heterocycles. The Morgan fingerprint density at radius 2 is 2.09 bits per heavy atom. The highest BCUT2D eigenvalue weighted by molar-refractivity contribution is 6.35. The zero-order valence-electron chi connectivity index (χ0n) is 12.2. The summed E-state index contributed by atoms with van der Waals surface area (Å²) in [6, 6.07) is 13.2. The van der Waals surface area contributed by atoms with Crippen molar-refractivity contribution in [3.8, 4) is 11.3 Å². The van der Waals surface area contributed by atoms with Crippen LogP contribution in [-0.2, 0) is 6.42 Å². The number of halogens is 1. The number of hydrogen-bond acceptors (Lipinski definition) is 3. The monoisotopic (exact) mass is 327 g/mol. The van der Waals surface area contributed by atoms with Gasteiger partial charge in [-0.25, -0.2) is 4.79 Å². The Labute approximate surface area is 138 Å². The first-order chi connectivity index (χ1) is 11.1. The van der Waals surface area contributed by atoms with Gasteiger partial charge in [-0.05, 0) is 30.3 Å². The van der Waals surface area contributed by atoms with Gasteiger partial charge in [-0.3, -0.25) is 9.97 Å². The normalized spacial score (nSPS) is 10.7. The summed E-state index contributed by atoms with van der Waals surface area (Å²) in [6.07, 6.45) is 1.14. The SMILES string of the molecule is O=C(O)NCCc1nc2cccc(Cl)c2cc1-c1ccccn1. The summed E-state index contributed by atoms with van der Waals surface area (Å²) in [5.41, 5.74) is 3.21. The average Bonchev–Trinajstić information content (AvgIpc) is 2.55. The van der Waals surface area contributed by atoms with E-state index in [9.17, 15) is 4.79 Å². The third-order valence-corrected chi connectivity index (χ3v) is 3.79. The van der Waals surface area contributed by atoms with Crippen molar-refractivity contribution < 1.29 is 9.90 Å². The molecule has 0 radical (unpaired) electrons. The maximum Gasteiger partial charge on any atom is 0.404 e. The number of benzene rings is 1. The second-order valence-electron chi connectivity index (χ2n) is 4.99. The number of hydrogen-bond donors (Lipinski definition) is 2. The van der Waals surface area contributed by atoms with Crippen LogP contribution in [0.25, 0.3) is 22.2 Å². The summed E-state index contributed by atoms with van der Waals surface area (Å²) in [5, 5.41) is 12.6. The quantitative estimate of drug-likeness (QED) is 0.765. The van der Waals surface area contributed by atoms with Crippen LogP contribution in [0.15, 0.2) is 48.7 Å². The number of amides is 1. The predicted octanol–water partition coefficient (Wildman–Crippen LogP) is 3.76. The molecular weight excluding hydrogens is 314 g/mol. The fraction of sp³-hybridized carbons (Fsp3) is 0.118. The number of fused-ring (bicyclic) bond motifs is 1. The van der Waals surface area contributed by atoms with Gasteiger partial charge in [0.15, 0.2) is 0 Å². The molecule has 0 bridgehead atoms. The lowest BCUT2D eigenvalue weighted by molar-refractivity contribution is 0.194. The largest absolute Gasteiger partial charge is 0.465 e. The molecule has 23 heavy (non-hydrogen) atoms. The molecule has 116 valence electrons. The zero-order chi connectivity index (χ0) is 16.2. The van der Waals surface area contributed by atoms with Crippen molar-refractivity contribution in [2.75, 3.05) is 6.54 Å². The molecule has 0 unspecified atom stereocenters. The molecule has 1 aromatic carbocycles. The first kappa shape index (κ1) is 15.2. The van der Waals surface area contributed by atoms with Crippen LogP contribution in [0.4, 0.5) is 4.79 Å². The molecule has 0 aliphatic rings. The summed E-state index contributed by atoms with van der Waals surface area (Å²) in [4.78, 5) is 19.7. The second kappa shape index (κ2) is 6.62. The number of carboxylic acid groups (broad SMARTS) is 1. The van der Waals surface area contributed by atoms with E-state index in [4.69, 9.17) is 16.7 Å². The van der Waals surface area contributed by atoms with E-state index in [0.29, 0.717) is 11.4 Å². The Morgan fingerprint density at radius 3 is 2.83 bits per heavy atom. The van der Waals surface area contributed by atoms with E-state index in [-0.39, 0.29) is 6.54 Å². The van der Waals surface area contributed by atoms with Crippen LogP contribution < -0.4 is 5.32 Å². The molecule has 3 aromatic rings. The lowest BCUT2D eigenvalue weighted by atomic mass is 10.0. The number of nitrogens with one attached hydrogen (secondary N) is 1. The summed E-state index contributed by atoms with van der Waals surface area (Å²) in [5.74, 6) is 0. The van der Waals surface area contributed by atoms with Crippen molar-refractivity contribution in [3.05, 3.63) is 59.4 Å². The highest BCUT2D eigenvalue weighted by Gasteiger charge is 2.12. The fourth-order valence-corrected chi connectivity index (χ4v) is 2.65. The van der Waals surface area contributed by atoms with Gasteiger partial charge in [-0.15, -0.1) is 0 Å². The molecule has 0 saturated carbocycles.